The molecule has 18 heavy (non-hydrogen) atoms. The normalized spacial score (nSPS) is 10.0. The molecule has 1 heterocycles. The second kappa shape index (κ2) is 5.82. The zero-order valence-corrected chi connectivity index (χ0v) is 10.0. The van der Waals surface area contributed by atoms with Crippen molar-refractivity contribution in [1.29, 1.82) is 0 Å². The molecular weight excluding hydrogens is 226 g/mol. The Morgan fingerprint density at radius 1 is 1.33 bits per heavy atom. The number of nitrogens with one attached hydrogen (secondary N) is 1. The Bertz CT molecular complexity index is 532. The average molecular weight is 241 g/mol. The van der Waals surface area contributed by atoms with Crippen LogP contribution in [0.4, 0.5) is 0 Å². The highest BCUT2D eigenvalue weighted by molar-refractivity contribution is 5.86. The van der Waals surface area contributed by atoms with Crippen molar-refractivity contribution in [2.24, 2.45) is 0 Å². The minimum atomic E-state index is -0.163. The maximum absolute atomic E-state index is 11.2. The summed E-state index contributed by atoms with van der Waals surface area (Å²) in [5.41, 5.74) is 2.23. The number of nitrogens with zero attached hydrogens (tertiary/aromatic N) is 2. The molecule has 0 radical (unpaired) electrons. The van der Waals surface area contributed by atoms with Crippen molar-refractivity contribution in [3.05, 3.63) is 66.5 Å². The van der Waals surface area contributed by atoms with Gasteiger partial charge in [0.1, 0.15) is 0 Å². The van der Waals surface area contributed by atoms with Gasteiger partial charge in [-0.25, -0.2) is 0 Å². The average Bonchev–Trinajstić information content (AvgIpc) is 2.90. The molecule has 0 aliphatic rings. The van der Waals surface area contributed by atoms with E-state index < -0.39 is 0 Å². The van der Waals surface area contributed by atoms with E-state index in [9.17, 15) is 4.79 Å². The maximum Gasteiger partial charge on any atom is 0.243 e. The predicted octanol–water partition coefficient (Wildman–Crippen LogP) is 1.73. The second-order valence-corrected chi connectivity index (χ2v) is 3.89. The van der Waals surface area contributed by atoms with Gasteiger partial charge in [-0.3, -0.25) is 9.48 Å². The highest BCUT2D eigenvalue weighted by atomic mass is 16.1. The lowest BCUT2D eigenvalue weighted by Gasteiger charge is -2.10. The molecular formula is C14H15N3O. The van der Waals surface area contributed by atoms with Crippen LogP contribution in [0, 0.1) is 0 Å². The van der Waals surface area contributed by atoms with Gasteiger partial charge in [0.05, 0.1) is 6.54 Å². The molecule has 0 unspecified atom stereocenters. The van der Waals surface area contributed by atoms with Crippen molar-refractivity contribution in [2.75, 3.05) is 0 Å². The van der Waals surface area contributed by atoms with E-state index in [4.69, 9.17) is 0 Å². The lowest BCUT2D eigenvalue weighted by Crippen LogP contribution is -2.21. The summed E-state index contributed by atoms with van der Waals surface area (Å²) in [6, 6.07) is 9.88. The number of carbonyl (C=O) groups is 1. The van der Waals surface area contributed by atoms with Crippen LogP contribution in [0.5, 0.6) is 0 Å². The first kappa shape index (κ1) is 12.1. The molecule has 4 heteroatoms. The van der Waals surface area contributed by atoms with Gasteiger partial charge in [-0.05, 0) is 23.3 Å². The van der Waals surface area contributed by atoms with Crippen LogP contribution in [0.2, 0.25) is 0 Å². The zero-order valence-electron chi connectivity index (χ0n) is 10.0. The Kier molecular flexibility index (Phi) is 3.91. The van der Waals surface area contributed by atoms with Crippen molar-refractivity contribution < 1.29 is 4.79 Å². The first-order valence-electron chi connectivity index (χ1n) is 5.74. The minimum absolute atomic E-state index is 0.163. The summed E-state index contributed by atoms with van der Waals surface area (Å²) in [6.07, 6.45) is 4.94. The van der Waals surface area contributed by atoms with Gasteiger partial charge < -0.3 is 5.32 Å². The Balaban J connectivity index is 2.10. The van der Waals surface area contributed by atoms with E-state index in [0.717, 1.165) is 11.1 Å². The van der Waals surface area contributed by atoms with Crippen molar-refractivity contribution in [3.8, 4) is 0 Å². The fourth-order valence-electron chi connectivity index (χ4n) is 1.71. The maximum atomic E-state index is 11.2. The molecule has 0 spiro atoms. The molecule has 2 rings (SSSR count). The molecule has 0 atom stereocenters. The Morgan fingerprint density at radius 2 is 2.11 bits per heavy atom. The van der Waals surface area contributed by atoms with E-state index in [2.05, 4.69) is 17.0 Å². The highest BCUT2D eigenvalue weighted by Gasteiger charge is 2.03. The van der Waals surface area contributed by atoms with E-state index in [1.807, 2.05) is 41.2 Å². The van der Waals surface area contributed by atoms with Crippen LogP contribution in [0.15, 0.2) is 55.4 Å². The molecule has 0 bridgehead atoms. The van der Waals surface area contributed by atoms with Gasteiger partial charge in [-0.1, -0.05) is 30.8 Å². The van der Waals surface area contributed by atoms with Crippen molar-refractivity contribution >= 4 is 5.91 Å². The molecule has 1 aromatic heterocycles. The minimum Gasteiger partial charge on any atom is -0.348 e. The molecule has 2 aromatic rings. The van der Waals surface area contributed by atoms with Gasteiger partial charge in [-0.2, -0.15) is 5.10 Å². The summed E-state index contributed by atoms with van der Waals surface area (Å²) in [4.78, 5) is 11.2. The monoisotopic (exact) mass is 241 g/mol. The predicted molar refractivity (Wildman–Crippen MR) is 69.8 cm³/mol. The SMILES string of the molecule is C=CC(=O)NCc1ccccc1Cn1cccn1. The molecule has 1 aromatic carbocycles. The van der Waals surface area contributed by atoms with E-state index in [1.165, 1.54) is 6.08 Å². The summed E-state index contributed by atoms with van der Waals surface area (Å²) in [7, 11) is 0. The van der Waals surface area contributed by atoms with E-state index in [1.54, 1.807) is 6.20 Å². The summed E-state index contributed by atoms with van der Waals surface area (Å²) in [5, 5.41) is 6.96. The fourth-order valence-corrected chi connectivity index (χ4v) is 1.71. The van der Waals surface area contributed by atoms with Gasteiger partial charge >= 0.3 is 0 Å². The quantitative estimate of drug-likeness (QED) is 0.810. The number of amides is 1. The van der Waals surface area contributed by atoms with Gasteiger partial charge in [0, 0.05) is 18.9 Å². The summed E-state index contributed by atoms with van der Waals surface area (Å²) in [6.45, 7) is 4.63. The smallest absolute Gasteiger partial charge is 0.243 e. The molecule has 0 fully saturated rings. The Hall–Kier alpha value is -2.36. The van der Waals surface area contributed by atoms with Crippen LogP contribution in [-0.4, -0.2) is 15.7 Å². The number of rotatable bonds is 5. The standard InChI is InChI=1S/C14H15N3O/c1-2-14(18)15-10-12-6-3-4-7-13(12)11-17-9-5-8-16-17/h2-9H,1,10-11H2,(H,15,18). The lowest BCUT2D eigenvalue weighted by molar-refractivity contribution is -0.116. The largest absolute Gasteiger partial charge is 0.348 e. The first-order chi connectivity index (χ1) is 8.79. The Morgan fingerprint density at radius 3 is 2.78 bits per heavy atom. The Labute approximate surface area is 106 Å². The van der Waals surface area contributed by atoms with Crippen molar-refractivity contribution in [2.45, 2.75) is 13.1 Å². The summed E-state index contributed by atoms with van der Waals surface area (Å²) in [5.74, 6) is -0.163. The molecule has 92 valence electrons. The molecule has 1 N–H and O–H groups in total. The summed E-state index contributed by atoms with van der Waals surface area (Å²) >= 11 is 0. The number of hydrogen-bond donors (Lipinski definition) is 1. The van der Waals surface area contributed by atoms with Gasteiger partial charge in [0.2, 0.25) is 5.91 Å². The molecule has 0 aliphatic heterocycles. The zero-order chi connectivity index (χ0) is 12.8. The number of carbonyl (C=O) groups excluding carboxylic acids is 1. The van der Waals surface area contributed by atoms with Gasteiger partial charge in [0.25, 0.3) is 0 Å². The van der Waals surface area contributed by atoms with E-state index in [-0.39, 0.29) is 5.91 Å². The van der Waals surface area contributed by atoms with Crippen LogP contribution in [0.3, 0.4) is 0 Å². The molecule has 0 aliphatic carbocycles. The molecule has 1 amide bonds. The fraction of sp³-hybridized carbons (Fsp3) is 0.143. The third kappa shape index (κ3) is 3.07. The second-order valence-electron chi connectivity index (χ2n) is 3.89. The molecule has 0 saturated heterocycles. The highest BCUT2D eigenvalue weighted by Crippen LogP contribution is 2.10. The number of benzene rings is 1. The van der Waals surface area contributed by atoms with Crippen molar-refractivity contribution in [1.82, 2.24) is 15.1 Å². The van der Waals surface area contributed by atoms with Crippen LogP contribution >= 0.6 is 0 Å². The molecule has 4 nitrogen and oxygen atoms in total. The topological polar surface area (TPSA) is 46.9 Å². The van der Waals surface area contributed by atoms with E-state index >= 15 is 0 Å². The van der Waals surface area contributed by atoms with Gasteiger partial charge in [-0.15, -0.1) is 0 Å². The third-order valence-corrected chi connectivity index (χ3v) is 2.65. The number of aromatic nitrogens is 2. The summed E-state index contributed by atoms with van der Waals surface area (Å²) < 4.78 is 1.86. The lowest BCUT2D eigenvalue weighted by atomic mass is 10.1. The van der Waals surface area contributed by atoms with Crippen LogP contribution in [0.25, 0.3) is 0 Å². The molecule has 0 saturated carbocycles. The first-order valence-corrected chi connectivity index (χ1v) is 5.74. The van der Waals surface area contributed by atoms with Crippen molar-refractivity contribution in [3.63, 3.8) is 0 Å². The van der Waals surface area contributed by atoms with E-state index in [0.29, 0.717) is 13.1 Å². The van der Waals surface area contributed by atoms with Crippen LogP contribution < -0.4 is 5.32 Å². The van der Waals surface area contributed by atoms with Gasteiger partial charge in [0.15, 0.2) is 0 Å². The van der Waals surface area contributed by atoms with Crippen LogP contribution in [0.1, 0.15) is 11.1 Å². The third-order valence-electron chi connectivity index (χ3n) is 2.65. The van der Waals surface area contributed by atoms with Crippen LogP contribution in [-0.2, 0) is 17.9 Å². The number of hydrogen-bond acceptors (Lipinski definition) is 2.